The molecule has 3 nitrogen and oxygen atoms in total. The van der Waals surface area contributed by atoms with E-state index in [9.17, 15) is 0 Å². The number of benzene rings is 6. The second kappa shape index (κ2) is 10.6. The van der Waals surface area contributed by atoms with Gasteiger partial charge >= 0.3 is 0 Å². The quantitative estimate of drug-likeness (QED) is 0.214. The molecule has 0 fully saturated rings. The summed E-state index contributed by atoms with van der Waals surface area (Å²) in [7, 11) is 0. The third kappa shape index (κ3) is 4.48. The Bertz CT molecular complexity index is 2140. The van der Waals surface area contributed by atoms with Gasteiger partial charge in [0.05, 0.1) is 16.6 Å². The van der Waals surface area contributed by atoms with Crippen molar-refractivity contribution in [3.8, 4) is 50.6 Å². The number of nitrogens with zero attached hydrogens (tertiary/aromatic N) is 3. The van der Waals surface area contributed by atoms with Crippen molar-refractivity contribution in [1.82, 2.24) is 14.5 Å². The Morgan fingerprint density at radius 2 is 0.884 bits per heavy atom. The zero-order chi connectivity index (χ0) is 28.6. The van der Waals surface area contributed by atoms with Crippen molar-refractivity contribution in [3.05, 3.63) is 164 Å². The van der Waals surface area contributed by atoms with Crippen LogP contribution in [0.4, 0.5) is 0 Å². The van der Waals surface area contributed by atoms with Crippen LogP contribution in [-0.2, 0) is 0 Å². The summed E-state index contributed by atoms with van der Waals surface area (Å²) in [5.74, 6) is 0.707. The largest absolute Gasteiger partial charge is 0.294 e. The summed E-state index contributed by atoms with van der Waals surface area (Å²) < 4.78 is 2.31. The molecule has 0 aliphatic heterocycles. The molecule has 0 amide bonds. The van der Waals surface area contributed by atoms with Crippen LogP contribution in [0.5, 0.6) is 0 Å². The first kappa shape index (κ1) is 25.0. The molecule has 3 heteroatoms. The Balaban J connectivity index is 1.50. The summed E-state index contributed by atoms with van der Waals surface area (Å²) in [6, 6.07) is 57.3. The summed E-state index contributed by atoms with van der Waals surface area (Å²) in [4.78, 5) is 10.5. The second-order valence-electron chi connectivity index (χ2n) is 10.7. The van der Waals surface area contributed by atoms with Gasteiger partial charge in [-0.25, -0.2) is 9.97 Å². The molecule has 0 saturated carbocycles. The first-order chi connectivity index (χ1) is 21.3. The Hall–Kier alpha value is -5.80. The maximum atomic E-state index is 5.30. The van der Waals surface area contributed by atoms with Crippen LogP contribution in [0.2, 0.25) is 0 Å². The Morgan fingerprint density at radius 1 is 0.395 bits per heavy atom. The van der Waals surface area contributed by atoms with Gasteiger partial charge in [-0.3, -0.25) is 4.57 Å². The van der Waals surface area contributed by atoms with E-state index < -0.39 is 0 Å². The zero-order valence-corrected chi connectivity index (χ0v) is 23.4. The first-order valence-corrected chi connectivity index (χ1v) is 14.5. The molecule has 2 aromatic heterocycles. The lowest BCUT2D eigenvalue weighted by atomic mass is 9.98. The maximum absolute atomic E-state index is 5.30. The molecular formula is C40H27N3. The monoisotopic (exact) mass is 549 g/mol. The predicted molar refractivity (Wildman–Crippen MR) is 178 cm³/mol. The highest BCUT2D eigenvalue weighted by Crippen LogP contribution is 2.39. The molecule has 43 heavy (non-hydrogen) atoms. The molecule has 0 aliphatic rings. The van der Waals surface area contributed by atoms with Crippen LogP contribution < -0.4 is 0 Å². The average molecular weight is 550 g/mol. The number of fused-ring (bicyclic) bond motifs is 3. The number of hydrogen-bond acceptors (Lipinski definition) is 2. The second-order valence-corrected chi connectivity index (χ2v) is 10.7. The van der Waals surface area contributed by atoms with Crippen LogP contribution in [0.3, 0.4) is 0 Å². The van der Waals surface area contributed by atoms with Crippen LogP contribution >= 0.6 is 0 Å². The van der Waals surface area contributed by atoms with E-state index in [1.807, 2.05) is 24.3 Å². The molecule has 0 N–H and O–H groups in total. The fourth-order valence-corrected chi connectivity index (χ4v) is 5.97. The topological polar surface area (TPSA) is 30.7 Å². The molecule has 6 aromatic carbocycles. The van der Waals surface area contributed by atoms with E-state index in [4.69, 9.17) is 9.97 Å². The minimum absolute atomic E-state index is 0.707. The first-order valence-electron chi connectivity index (χ1n) is 14.5. The normalized spacial score (nSPS) is 11.3. The smallest absolute Gasteiger partial charge is 0.162 e. The third-order valence-electron chi connectivity index (χ3n) is 7.99. The van der Waals surface area contributed by atoms with Gasteiger partial charge < -0.3 is 0 Å². The molecule has 0 atom stereocenters. The lowest BCUT2D eigenvalue weighted by Gasteiger charge is -2.14. The van der Waals surface area contributed by atoms with E-state index in [0.717, 1.165) is 55.6 Å². The van der Waals surface area contributed by atoms with Crippen molar-refractivity contribution in [2.24, 2.45) is 0 Å². The van der Waals surface area contributed by atoms with Crippen molar-refractivity contribution >= 4 is 21.9 Å². The van der Waals surface area contributed by atoms with Crippen LogP contribution in [0.1, 0.15) is 0 Å². The molecule has 0 bridgehead atoms. The van der Waals surface area contributed by atoms with E-state index in [2.05, 4.69) is 144 Å². The summed E-state index contributed by atoms with van der Waals surface area (Å²) in [5.41, 5.74) is 10.7. The highest BCUT2D eigenvalue weighted by molar-refractivity contribution is 6.14. The molecule has 0 unspecified atom stereocenters. The van der Waals surface area contributed by atoms with Crippen molar-refractivity contribution in [2.45, 2.75) is 0 Å². The average Bonchev–Trinajstić information content (AvgIpc) is 3.43. The highest BCUT2D eigenvalue weighted by Gasteiger charge is 2.21. The van der Waals surface area contributed by atoms with Gasteiger partial charge in [0.1, 0.15) is 5.65 Å². The maximum Gasteiger partial charge on any atom is 0.162 e. The van der Waals surface area contributed by atoms with Gasteiger partial charge in [0.25, 0.3) is 0 Å². The van der Waals surface area contributed by atoms with E-state index in [1.54, 1.807) is 0 Å². The number of rotatable bonds is 5. The summed E-state index contributed by atoms with van der Waals surface area (Å²) in [5, 5.41) is 2.18. The fourth-order valence-electron chi connectivity index (χ4n) is 5.97. The number of aromatic nitrogens is 3. The molecule has 202 valence electrons. The van der Waals surface area contributed by atoms with E-state index in [0.29, 0.717) is 5.82 Å². The molecule has 0 saturated heterocycles. The number of hydrogen-bond donors (Lipinski definition) is 0. The lowest BCUT2D eigenvalue weighted by molar-refractivity contribution is 1.11. The molecule has 0 spiro atoms. The van der Waals surface area contributed by atoms with Crippen LogP contribution in [-0.4, -0.2) is 14.5 Å². The predicted octanol–water partition coefficient (Wildman–Crippen LogP) is 10.2. The van der Waals surface area contributed by atoms with Crippen LogP contribution in [0.15, 0.2) is 164 Å². The van der Waals surface area contributed by atoms with Gasteiger partial charge in [-0.1, -0.05) is 140 Å². The molecule has 0 aliphatic carbocycles. The van der Waals surface area contributed by atoms with Gasteiger partial charge in [0, 0.05) is 22.2 Å². The Labute approximate surface area is 250 Å². The van der Waals surface area contributed by atoms with Crippen molar-refractivity contribution in [1.29, 1.82) is 0 Å². The van der Waals surface area contributed by atoms with Crippen LogP contribution in [0, 0.1) is 0 Å². The number of para-hydroxylation sites is 1. The Morgan fingerprint density at radius 3 is 1.47 bits per heavy atom. The standard InChI is InChI=1S/C40H27N3/c1-5-15-28(16-6-1)32-25-33(29-17-7-2-8-18-29)27-34(26-32)43-36-24-14-13-23-35(36)37-38(30-19-9-3-10-20-30)41-39(42-40(37)43)31-21-11-4-12-22-31/h1-27H. The van der Waals surface area contributed by atoms with Crippen molar-refractivity contribution in [2.75, 3.05) is 0 Å². The minimum Gasteiger partial charge on any atom is -0.294 e. The van der Waals surface area contributed by atoms with E-state index in [1.165, 1.54) is 11.1 Å². The SMILES string of the molecule is c1ccc(-c2cc(-c3ccccc3)cc(-n3c4ccccc4c4c(-c5ccccc5)nc(-c5ccccc5)nc43)c2)cc1. The summed E-state index contributed by atoms with van der Waals surface area (Å²) in [6.07, 6.45) is 0. The van der Waals surface area contributed by atoms with Gasteiger partial charge in [-0.05, 0) is 46.5 Å². The van der Waals surface area contributed by atoms with Gasteiger partial charge in [-0.2, -0.15) is 0 Å². The van der Waals surface area contributed by atoms with Crippen molar-refractivity contribution < 1.29 is 0 Å². The van der Waals surface area contributed by atoms with E-state index in [-0.39, 0.29) is 0 Å². The lowest BCUT2D eigenvalue weighted by Crippen LogP contribution is -2.00. The third-order valence-corrected chi connectivity index (χ3v) is 7.99. The molecular weight excluding hydrogens is 522 g/mol. The minimum atomic E-state index is 0.707. The van der Waals surface area contributed by atoms with Gasteiger partial charge in [-0.15, -0.1) is 0 Å². The van der Waals surface area contributed by atoms with Crippen LogP contribution in [0.25, 0.3) is 72.5 Å². The molecule has 0 radical (unpaired) electrons. The van der Waals surface area contributed by atoms with Gasteiger partial charge in [0.15, 0.2) is 5.82 Å². The van der Waals surface area contributed by atoms with E-state index >= 15 is 0 Å². The highest BCUT2D eigenvalue weighted by atomic mass is 15.1. The fraction of sp³-hybridized carbons (Fsp3) is 0. The van der Waals surface area contributed by atoms with Crippen molar-refractivity contribution in [3.63, 3.8) is 0 Å². The Kier molecular flexibility index (Phi) is 6.12. The molecule has 2 heterocycles. The zero-order valence-electron chi connectivity index (χ0n) is 23.4. The molecule has 8 rings (SSSR count). The summed E-state index contributed by atoms with van der Waals surface area (Å²) >= 11 is 0. The van der Waals surface area contributed by atoms with Gasteiger partial charge in [0.2, 0.25) is 0 Å². The summed E-state index contributed by atoms with van der Waals surface area (Å²) in [6.45, 7) is 0. The molecule has 8 aromatic rings.